The van der Waals surface area contributed by atoms with Crippen molar-refractivity contribution in [3.63, 3.8) is 0 Å². The Morgan fingerprint density at radius 3 is 2.46 bits per heavy atom. The first kappa shape index (κ1) is 18.8. The maximum atomic E-state index is 13.5. The molecule has 1 saturated carbocycles. The minimum Gasteiger partial charge on any atom is -0.338 e. The van der Waals surface area contributed by atoms with Gasteiger partial charge in [0.15, 0.2) is 0 Å². The van der Waals surface area contributed by atoms with E-state index >= 15 is 0 Å². The summed E-state index contributed by atoms with van der Waals surface area (Å²) in [5, 5.41) is 11.7. The number of piperazine rings is 1. The first-order valence-corrected chi connectivity index (χ1v) is 10.2. The fourth-order valence-electron chi connectivity index (χ4n) is 4.36. The molecule has 0 spiro atoms. The van der Waals surface area contributed by atoms with Gasteiger partial charge in [-0.15, -0.1) is 5.10 Å². The van der Waals surface area contributed by atoms with Gasteiger partial charge in [0.2, 0.25) is 0 Å². The van der Waals surface area contributed by atoms with E-state index in [-0.39, 0.29) is 5.91 Å². The molecule has 0 radical (unpaired) electrons. The Kier molecular flexibility index (Phi) is 5.81. The van der Waals surface area contributed by atoms with Crippen molar-refractivity contribution in [3.05, 3.63) is 48.3 Å². The van der Waals surface area contributed by atoms with Gasteiger partial charge in [-0.05, 0) is 28.8 Å². The highest BCUT2D eigenvalue weighted by Crippen LogP contribution is 2.36. The number of hydrogen-bond acceptors (Lipinski definition) is 5. The van der Waals surface area contributed by atoms with Crippen LogP contribution in [0.2, 0.25) is 0 Å². The molecule has 1 aliphatic heterocycles. The molecule has 1 saturated heterocycles. The van der Waals surface area contributed by atoms with Gasteiger partial charge in [0, 0.05) is 32.7 Å². The molecule has 148 valence electrons. The van der Waals surface area contributed by atoms with E-state index in [2.05, 4.69) is 56.8 Å². The molecule has 4 rings (SSSR count). The number of aromatic nitrogens is 4. The quantitative estimate of drug-likeness (QED) is 0.795. The van der Waals surface area contributed by atoms with Crippen LogP contribution in [0.25, 0.3) is 6.08 Å². The smallest absolute Gasteiger partial charge is 0.250 e. The van der Waals surface area contributed by atoms with Crippen molar-refractivity contribution in [2.75, 3.05) is 32.7 Å². The molecule has 28 heavy (non-hydrogen) atoms. The van der Waals surface area contributed by atoms with Crippen molar-refractivity contribution in [1.29, 1.82) is 0 Å². The number of rotatable bonds is 5. The zero-order valence-electron chi connectivity index (χ0n) is 16.3. The third kappa shape index (κ3) is 3.99. The normalized spacial score (nSPS) is 20.5. The monoisotopic (exact) mass is 380 g/mol. The molecular formula is C21H28N6O. The average molecular weight is 380 g/mol. The van der Waals surface area contributed by atoms with Gasteiger partial charge in [-0.2, -0.15) is 0 Å². The van der Waals surface area contributed by atoms with E-state index < -0.39 is 5.54 Å². The second-order valence-corrected chi connectivity index (χ2v) is 7.75. The van der Waals surface area contributed by atoms with Crippen molar-refractivity contribution in [3.8, 4) is 0 Å². The molecular weight excluding hydrogens is 352 g/mol. The average Bonchev–Trinajstić information content (AvgIpc) is 3.31. The lowest BCUT2D eigenvalue weighted by atomic mass is 9.80. The molecule has 1 aliphatic carbocycles. The van der Waals surface area contributed by atoms with Crippen LogP contribution in [-0.4, -0.2) is 68.6 Å². The summed E-state index contributed by atoms with van der Waals surface area (Å²) in [5.74, 6) is 0.193. The lowest BCUT2D eigenvalue weighted by Crippen LogP contribution is -2.57. The third-order valence-corrected chi connectivity index (χ3v) is 6.00. The summed E-state index contributed by atoms with van der Waals surface area (Å²) in [6, 6.07) is 10.3. The summed E-state index contributed by atoms with van der Waals surface area (Å²) >= 11 is 0. The summed E-state index contributed by atoms with van der Waals surface area (Å²) in [7, 11) is 0. The number of tetrazole rings is 1. The van der Waals surface area contributed by atoms with E-state index in [1.54, 1.807) is 11.0 Å². The Morgan fingerprint density at radius 1 is 1.04 bits per heavy atom. The molecule has 2 fully saturated rings. The number of hydrogen-bond donors (Lipinski definition) is 0. The van der Waals surface area contributed by atoms with E-state index in [9.17, 15) is 4.79 Å². The molecule has 0 unspecified atom stereocenters. The van der Waals surface area contributed by atoms with Crippen molar-refractivity contribution >= 4 is 12.0 Å². The molecule has 2 aliphatic rings. The largest absolute Gasteiger partial charge is 0.338 e. The van der Waals surface area contributed by atoms with E-state index in [1.807, 2.05) is 11.0 Å². The van der Waals surface area contributed by atoms with Crippen LogP contribution < -0.4 is 0 Å². The summed E-state index contributed by atoms with van der Waals surface area (Å²) < 4.78 is 1.71. The molecule has 1 aromatic heterocycles. The van der Waals surface area contributed by atoms with Crippen LogP contribution in [-0.2, 0) is 10.3 Å². The topological polar surface area (TPSA) is 67.2 Å². The van der Waals surface area contributed by atoms with Crippen LogP contribution in [0.5, 0.6) is 0 Å². The number of nitrogens with zero attached hydrogens (tertiary/aromatic N) is 6. The maximum absolute atomic E-state index is 13.5. The highest BCUT2D eigenvalue weighted by Gasteiger charge is 2.45. The fraction of sp³-hybridized carbons (Fsp3) is 0.524. The summed E-state index contributed by atoms with van der Waals surface area (Å²) in [4.78, 5) is 17.9. The molecule has 7 heteroatoms. The van der Waals surface area contributed by atoms with Gasteiger partial charge < -0.3 is 4.90 Å². The lowest BCUT2D eigenvalue weighted by Gasteiger charge is -2.42. The Labute approximate surface area is 166 Å². The Morgan fingerprint density at radius 2 is 1.79 bits per heavy atom. The van der Waals surface area contributed by atoms with Crippen molar-refractivity contribution < 1.29 is 4.79 Å². The minimum atomic E-state index is -0.586. The van der Waals surface area contributed by atoms with E-state index in [4.69, 9.17) is 0 Å². The molecule has 0 bridgehead atoms. The van der Waals surface area contributed by atoms with Crippen molar-refractivity contribution in [2.24, 2.45) is 0 Å². The second kappa shape index (κ2) is 8.65. The first-order chi connectivity index (χ1) is 13.8. The van der Waals surface area contributed by atoms with Crippen LogP contribution in [0.15, 0.2) is 42.7 Å². The van der Waals surface area contributed by atoms with E-state index in [0.29, 0.717) is 0 Å². The van der Waals surface area contributed by atoms with Crippen LogP contribution in [0.3, 0.4) is 0 Å². The number of carbonyl (C=O) groups is 1. The number of benzene rings is 1. The summed E-state index contributed by atoms with van der Waals surface area (Å²) in [5.41, 5.74) is 0.633. The molecule has 2 aromatic rings. The van der Waals surface area contributed by atoms with E-state index in [0.717, 1.165) is 58.4 Å². The van der Waals surface area contributed by atoms with Gasteiger partial charge in [-0.3, -0.25) is 9.69 Å². The van der Waals surface area contributed by atoms with Crippen LogP contribution in [0, 0.1) is 0 Å². The highest BCUT2D eigenvalue weighted by molar-refractivity contribution is 5.84. The number of amides is 1. The van der Waals surface area contributed by atoms with Crippen molar-refractivity contribution in [2.45, 2.75) is 37.6 Å². The predicted octanol–water partition coefficient (Wildman–Crippen LogP) is 2.19. The Balaban J connectivity index is 1.35. The van der Waals surface area contributed by atoms with Gasteiger partial charge in [-0.1, -0.05) is 61.7 Å². The second-order valence-electron chi connectivity index (χ2n) is 7.75. The fourth-order valence-corrected chi connectivity index (χ4v) is 4.36. The highest BCUT2D eigenvalue weighted by atomic mass is 16.2. The summed E-state index contributed by atoms with van der Waals surface area (Å²) in [6.07, 6.45) is 10.9. The maximum Gasteiger partial charge on any atom is 0.250 e. The zero-order chi connectivity index (χ0) is 19.2. The van der Waals surface area contributed by atoms with Gasteiger partial charge in [0.1, 0.15) is 11.9 Å². The molecule has 1 amide bonds. The summed E-state index contributed by atoms with van der Waals surface area (Å²) in [6.45, 7) is 4.24. The van der Waals surface area contributed by atoms with Gasteiger partial charge >= 0.3 is 0 Å². The zero-order valence-corrected chi connectivity index (χ0v) is 16.3. The Bertz CT molecular complexity index is 774. The van der Waals surface area contributed by atoms with Crippen LogP contribution in [0.1, 0.15) is 37.7 Å². The predicted molar refractivity (Wildman–Crippen MR) is 107 cm³/mol. The molecule has 7 nitrogen and oxygen atoms in total. The van der Waals surface area contributed by atoms with Crippen molar-refractivity contribution in [1.82, 2.24) is 30.0 Å². The standard InChI is InChI=1S/C21H28N6O/c28-20(21(11-5-2-6-12-21)27-18-22-23-24-27)26-16-14-25(15-17-26)13-7-10-19-8-3-1-4-9-19/h1,3-4,7-10,18H,2,5-6,11-17H2/b10-7+. The van der Waals surface area contributed by atoms with Gasteiger partial charge in [0.05, 0.1) is 0 Å². The molecule has 0 N–H and O–H groups in total. The lowest BCUT2D eigenvalue weighted by molar-refractivity contribution is -0.145. The molecule has 0 atom stereocenters. The van der Waals surface area contributed by atoms with Crippen LogP contribution in [0.4, 0.5) is 0 Å². The van der Waals surface area contributed by atoms with E-state index in [1.165, 1.54) is 12.0 Å². The number of carbonyl (C=O) groups excluding carboxylic acids is 1. The third-order valence-electron chi connectivity index (χ3n) is 6.00. The molecule has 2 heterocycles. The van der Waals surface area contributed by atoms with Crippen LogP contribution >= 0.6 is 0 Å². The first-order valence-electron chi connectivity index (χ1n) is 10.2. The SMILES string of the molecule is O=C(N1CCN(C/C=C/c2ccccc2)CC1)C1(n2cnnn2)CCCCC1. The van der Waals surface area contributed by atoms with Gasteiger partial charge in [0.25, 0.3) is 5.91 Å². The van der Waals surface area contributed by atoms with Gasteiger partial charge in [-0.25, -0.2) is 4.68 Å². The Hall–Kier alpha value is -2.54. The molecule has 1 aromatic carbocycles. The minimum absolute atomic E-state index is 0.193.